The van der Waals surface area contributed by atoms with E-state index >= 15 is 0 Å². The van der Waals surface area contributed by atoms with Gasteiger partial charge in [0.05, 0.1) is 38.4 Å². The number of ether oxygens (including phenoxy) is 3. The number of nitrogens with zero attached hydrogens (tertiary/aromatic N) is 1. The van der Waals surface area contributed by atoms with Crippen LogP contribution >= 0.6 is 11.8 Å². The molecular formula is C25H25N3O6S. The number of nitrogens with one attached hydrogen (secondary N) is 2. The van der Waals surface area contributed by atoms with Crippen molar-refractivity contribution in [3.05, 3.63) is 80.8 Å². The highest BCUT2D eigenvalue weighted by Gasteiger charge is 2.37. The van der Waals surface area contributed by atoms with Gasteiger partial charge in [0, 0.05) is 11.4 Å². The molecule has 2 aromatic carbocycles. The third kappa shape index (κ3) is 4.69. The zero-order valence-electron chi connectivity index (χ0n) is 19.7. The molecule has 35 heavy (non-hydrogen) atoms. The molecule has 0 fully saturated rings. The van der Waals surface area contributed by atoms with Crippen LogP contribution in [-0.4, -0.2) is 42.4 Å². The molecule has 3 aromatic rings. The molecule has 1 unspecified atom stereocenters. The number of carbonyl (C=O) groups excluding carboxylic acids is 1. The van der Waals surface area contributed by atoms with E-state index in [0.717, 1.165) is 5.56 Å². The van der Waals surface area contributed by atoms with Crippen LogP contribution in [0, 0.1) is 0 Å². The number of benzene rings is 2. The second-order valence-electron chi connectivity index (χ2n) is 7.77. The Morgan fingerprint density at radius 1 is 1.11 bits per heavy atom. The number of aromatic nitrogens is 2. The Hall–Kier alpha value is -3.92. The number of hydrogen-bond acceptors (Lipinski definition) is 9. The number of rotatable bonds is 7. The predicted octanol–water partition coefficient (Wildman–Crippen LogP) is 3.79. The number of esters is 1. The van der Waals surface area contributed by atoms with Crippen molar-refractivity contribution < 1.29 is 24.1 Å². The lowest BCUT2D eigenvalue weighted by atomic mass is 9.82. The molecule has 10 heteroatoms. The minimum absolute atomic E-state index is 0.140. The van der Waals surface area contributed by atoms with E-state index in [9.17, 15) is 14.7 Å². The molecule has 3 N–H and O–H groups in total. The second-order valence-corrected chi connectivity index (χ2v) is 8.73. The van der Waals surface area contributed by atoms with Crippen LogP contribution in [0.5, 0.6) is 17.2 Å². The van der Waals surface area contributed by atoms with E-state index in [1.165, 1.54) is 33.1 Å². The average molecular weight is 496 g/mol. The number of anilines is 1. The number of methoxy groups -OCH3 is 3. The van der Waals surface area contributed by atoms with E-state index in [1.807, 2.05) is 30.3 Å². The summed E-state index contributed by atoms with van der Waals surface area (Å²) >= 11 is 1.40. The quantitative estimate of drug-likeness (QED) is 0.255. The monoisotopic (exact) mass is 495 g/mol. The lowest BCUT2D eigenvalue weighted by molar-refractivity contribution is -0.136. The van der Waals surface area contributed by atoms with Crippen LogP contribution in [0.15, 0.2) is 63.7 Å². The van der Waals surface area contributed by atoms with Gasteiger partial charge in [0.15, 0.2) is 16.7 Å². The molecule has 0 saturated heterocycles. The van der Waals surface area contributed by atoms with Crippen LogP contribution in [0.3, 0.4) is 0 Å². The molecule has 1 aromatic heterocycles. The smallest absolute Gasteiger partial charge is 0.336 e. The second kappa shape index (κ2) is 10.1. The average Bonchev–Trinajstić information content (AvgIpc) is 2.87. The number of hydrogen-bond donors (Lipinski definition) is 3. The summed E-state index contributed by atoms with van der Waals surface area (Å²) < 4.78 is 15.6. The summed E-state index contributed by atoms with van der Waals surface area (Å²) in [4.78, 5) is 33.7. The highest BCUT2D eigenvalue weighted by molar-refractivity contribution is 7.98. The predicted molar refractivity (Wildman–Crippen MR) is 132 cm³/mol. The molecule has 1 aliphatic rings. The Bertz CT molecular complexity index is 1330. The van der Waals surface area contributed by atoms with E-state index < -0.39 is 17.4 Å². The molecule has 4 rings (SSSR count). The summed E-state index contributed by atoms with van der Waals surface area (Å²) in [6.07, 6.45) is 0. The maximum Gasteiger partial charge on any atom is 0.336 e. The third-order valence-electron chi connectivity index (χ3n) is 5.68. The van der Waals surface area contributed by atoms with Gasteiger partial charge in [-0.15, -0.1) is 0 Å². The Labute approximate surface area is 206 Å². The van der Waals surface area contributed by atoms with Crippen molar-refractivity contribution >= 4 is 23.5 Å². The van der Waals surface area contributed by atoms with Gasteiger partial charge in [-0.3, -0.25) is 4.79 Å². The normalized spacial score (nSPS) is 14.7. The van der Waals surface area contributed by atoms with Gasteiger partial charge in [-0.1, -0.05) is 42.1 Å². The summed E-state index contributed by atoms with van der Waals surface area (Å²) in [7, 11) is 4.09. The van der Waals surface area contributed by atoms with Gasteiger partial charge < -0.3 is 29.6 Å². The van der Waals surface area contributed by atoms with Crippen molar-refractivity contribution in [1.82, 2.24) is 9.97 Å². The van der Waals surface area contributed by atoms with Crippen LogP contribution in [0.4, 0.5) is 5.82 Å². The van der Waals surface area contributed by atoms with Crippen LogP contribution in [0.2, 0.25) is 0 Å². The van der Waals surface area contributed by atoms with Gasteiger partial charge in [-0.05, 0) is 30.2 Å². The molecule has 0 aliphatic carbocycles. The molecule has 0 bridgehead atoms. The molecule has 1 aliphatic heterocycles. The first-order valence-corrected chi connectivity index (χ1v) is 11.7. The Kier molecular flexibility index (Phi) is 7.02. The summed E-state index contributed by atoms with van der Waals surface area (Å²) in [5.74, 6) is -0.384. The van der Waals surface area contributed by atoms with Crippen molar-refractivity contribution in [2.45, 2.75) is 23.8 Å². The first-order chi connectivity index (χ1) is 16.9. The van der Waals surface area contributed by atoms with Gasteiger partial charge in [-0.2, -0.15) is 0 Å². The third-order valence-corrected chi connectivity index (χ3v) is 6.62. The van der Waals surface area contributed by atoms with Crippen LogP contribution in [-0.2, 0) is 15.3 Å². The largest absolute Gasteiger partial charge is 0.502 e. The lowest BCUT2D eigenvalue weighted by Gasteiger charge is -2.29. The molecule has 0 radical (unpaired) electrons. The fraction of sp³-hybridized carbons (Fsp3) is 0.240. The fourth-order valence-corrected chi connectivity index (χ4v) is 4.84. The van der Waals surface area contributed by atoms with Gasteiger partial charge in [0.2, 0.25) is 5.75 Å². The molecule has 1 atom stereocenters. The number of phenolic OH excluding ortho intramolecular Hbond substituents is 1. The Morgan fingerprint density at radius 3 is 2.37 bits per heavy atom. The molecule has 0 saturated carbocycles. The SMILES string of the molecule is COC(=O)C1=C(C)Nc2nc(SCc3ccccc3)[nH]c(=O)c2C1c1cc(OC)c(O)c(OC)c1. The lowest BCUT2D eigenvalue weighted by Crippen LogP contribution is -2.31. The Balaban J connectivity index is 1.84. The maximum atomic E-state index is 13.4. The number of fused-ring (bicyclic) bond motifs is 1. The number of carbonyl (C=O) groups is 1. The van der Waals surface area contributed by atoms with E-state index in [1.54, 1.807) is 19.1 Å². The van der Waals surface area contributed by atoms with Gasteiger partial charge in [0.1, 0.15) is 5.82 Å². The molecular weight excluding hydrogens is 470 g/mol. The van der Waals surface area contributed by atoms with Crippen molar-refractivity contribution in [2.24, 2.45) is 0 Å². The van der Waals surface area contributed by atoms with Gasteiger partial charge >= 0.3 is 5.97 Å². The van der Waals surface area contributed by atoms with Crippen LogP contribution < -0.4 is 20.3 Å². The molecule has 0 spiro atoms. The standard InChI is InChI=1S/C25H25N3O6S/c1-13-18(24(31)34-4)19(15-10-16(32-2)21(29)17(11-15)33-3)20-22(26-13)27-25(28-23(20)30)35-12-14-8-6-5-7-9-14/h5-11,19,29H,12H2,1-4H3,(H2,26,27,28,30). The van der Waals surface area contributed by atoms with Crippen LogP contribution in [0.1, 0.15) is 29.5 Å². The zero-order chi connectivity index (χ0) is 25.1. The number of phenols is 1. The van der Waals surface area contributed by atoms with E-state index in [2.05, 4.69) is 15.3 Å². The Morgan fingerprint density at radius 2 is 1.77 bits per heavy atom. The van der Waals surface area contributed by atoms with Gasteiger partial charge in [0.25, 0.3) is 5.56 Å². The van der Waals surface area contributed by atoms with Gasteiger partial charge in [-0.25, -0.2) is 9.78 Å². The highest BCUT2D eigenvalue weighted by Crippen LogP contribution is 2.45. The number of aromatic hydroxyl groups is 1. The number of aromatic amines is 1. The minimum atomic E-state index is -0.841. The zero-order valence-corrected chi connectivity index (χ0v) is 20.5. The van der Waals surface area contributed by atoms with Crippen molar-refractivity contribution in [2.75, 3.05) is 26.6 Å². The van der Waals surface area contributed by atoms with Crippen molar-refractivity contribution in [3.8, 4) is 17.2 Å². The van der Waals surface area contributed by atoms with E-state index in [0.29, 0.717) is 28.0 Å². The summed E-state index contributed by atoms with van der Waals surface area (Å²) in [6, 6.07) is 13.0. The molecule has 182 valence electrons. The summed E-state index contributed by atoms with van der Waals surface area (Å²) in [5.41, 5.74) is 2.18. The van der Waals surface area contributed by atoms with Crippen LogP contribution in [0.25, 0.3) is 0 Å². The summed E-state index contributed by atoms with van der Waals surface area (Å²) in [5, 5.41) is 13.9. The van der Waals surface area contributed by atoms with Crippen molar-refractivity contribution in [1.29, 1.82) is 0 Å². The molecule has 2 heterocycles. The fourth-order valence-electron chi connectivity index (χ4n) is 4.02. The molecule has 0 amide bonds. The maximum absolute atomic E-state index is 13.4. The number of thioether (sulfide) groups is 1. The van der Waals surface area contributed by atoms with E-state index in [4.69, 9.17) is 14.2 Å². The summed E-state index contributed by atoms with van der Waals surface area (Å²) in [6.45, 7) is 1.72. The minimum Gasteiger partial charge on any atom is -0.502 e. The first kappa shape index (κ1) is 24.2. The van der Waals surface area contributed by atoms with E-state index in [-0.39, 0.29) is 28.4 Å². The highest BCUT2D eigenvalue weighted by atomic mass is 32.2. The topological polar surface area (TPSA) is 123 Å². The number of allylic oxidation sites excluding steroid dienone is 1. The first-order valence-electron chi connectivity index (χ1n) is 10.7. The number of H-pyrrole nitrogens is 1. The molecule has 9 nitrogen and oxygen atoms in total. The van der Waals surface area contributed by atoms with Crippen molar-refractivity contribution in [3.63, 3.8) is 0 Å².